The number of nitrogens with one attached hydrogen (secondary N) is 1. The number of hydrogen-bond donors (Lipinski definition) is 2. The Morgan fingerprint density at radius 2 is 2.38 bits per heavy atom. The topological polar surface area (TPSA) is 75.6 Å². The van der Waals surface area contributed by atoms with Crippen LogP contribution in [0.2, 0.25) is 0 Å². The standard InChI is InChI=1S/C10H17NO4S/c1-7(10(13)14)11-9(12)6-16-5-8-3-2-4-15-8/h7-8H,2-6H2,1H3,(H,11,12)(H,13,14). The monoisotopic (exact) mass is 247 g/mol. The van der Waals surface area contributed by atoms with E-state index in [0.29, 0.717) is 0 Å². The molecule has 1 aliphatic rings. The minimum atomic E-state index is -1.02. The van der Waals surface area contributed by atoms with Gasteiger partial charge in [0.05, 0.1) is 11.9 Å². The summed E-state index contributed by atoms with van der Waals surface area (Å²) in [6.45, 7) is 2.26. The van der Waals surface area contributed by atoms with E-state index in [1.54, 1.807) is 0 Å². The molecule has 1 rings (SSSR count). The van der Waals surface area contributed by atoms with E-state index in [1.165, 1.54) is 18.7 Å². The van der Waals surface area contributed by atoms with Crippen LogP contribution in [-0.4, -0.2) is 47.2 Å². The fraction of sp³-hybridized carbons (Fsp3) is 0.800. The molecule has 0 aliphatic carbocycles. The van der Waals surface area contributed by atoms with Gasteiger partial charge in [-0.15, -0.1) is 11.8 Å². The molecule has 1 saturated heterocycles. The summed E-state index contributed by atoms with van der Waals surface area (Å²) in [5.74, 6) is -0.165. The Labute approximate surface area is 98.9 Å². The summed E-state index contributed by atoms with van der Waals surface area (Å²) in [5.41, 5.74) is 0. The van der Waals surface area contributed by atoms with Gasteiger partial charge in [-0.2, -0.15) is 0 Å². The van der Waals surface area contributed by atoms with Crippen molar-refractivity contribution in [2.45, 2.75) is 31.9 Å². The van der Waals surface area contributed by atoms with Crippen LogP contribution in [0.3, 0.4) is 0 Å². The molecule has 2 atom stereocenters. The normalized spacial score (nSPS) is 21.7. The zero-order valence-electron chi connectivity index (χ0n) is 9.27. The van der Waals surface area contributed by atoms with Crippen molar-refractivity contribution < 1.29 is 19.4 Å². The maximum atomic E-state index is 11.3. The van der Waals surface area contributed by atoms with Gasteiger partial charge >= 0.3 is 5.97 Å². The van der Waals surface area contributed by atoms with Crippen molar-refractivity contribution in [3.05, 3.63) is 0 Å². The Morgan fingerprint density at radius 3 is 2.94 bits per heavy atom. The number of carbonyl (C=O) groups excluding carboxylic acids is 1. The van der Waals surface area contributed by atoms with Crippen molar-refractivity contribution >= 4 is 23.6 Å². The summed E-state index contributed by atoms with van der Waals surface area (Å²) in [6, 6.07) is -0.823. The lowest BCUT2D eigenvalue weighted by Gasteiger charge is -2.10. The van der Waals surface area contributed by atoms with Crippen LogP contribution >= 0.6 is 11.8 Å². The highest BCUT2D eigenvalue weighted by molar-refractivity contribution is 7.99. The predicted octanol–water partition coefficient (Wildman–Crippen LogP) is 0.488. The molecule has 2 unspecified atom stereocenters. The molecule has 0 spiro atoms. The first-order valence-electron chi connectivity index (χ1n) is 5.31. The zero-order valence-corrected chi connectivity index (χ0v) is 10.1. The van der Waals surface area contributed by atoms with Crippen LogP contribution in [0.4, 0.5) is 0 Å². The molecule has 1 heterocycles. The SMILES string of the molecule is CC(NC(=O)CSCC1CCCO1)C(=O)O. The minimum absolute atomic E-state index is 0.238. The highest BCUT2D eigenvalue weighted by atomic mass is 32.2. The number of hydrogen-bond acceptors (Lipinski definition) is 4. The number of carboxylic acids is 1. The van der Waals surface area contributed by atoms with Crippen molar-refractivity contribution in [3.8, 4) is 0 Å². The molecule has 0 aromatic rings. The molecule has 0 radical (unpaired) electrons. The van der Waals surface area contributed by atoms with Gasteiger partial charge in [0, 0.05) is 12.4 Å². The molecule has 92 valence electrons. The van der Waals surface area contributed by atoms with Gasteiger partial charge in [-0.05, 0) is 19.8 Å². The third kappa shape index (κ3) is 4.85. The van der Waals surface area contributed by atoms with E-state index in [-0.39, 0.29) is 17.8 Å². The Balaban J connectivity index is 2.07. The van der Waals surface area contributed by atoms with Gasteiger partial charge < -0.3 is 15.2 Å². The molecule has 0 saturated carbocycles. The summed E-state index contributed by atoms with van der Waals surface area (Å²) < 4.78 is 5.41. The molecule has 1 aliphatic heterocycles. The van der Waals surface area contributed by atoms with E-state index < -0.39 is 12.0 Å². The minimum Gasteiger partial charge on any atom is -0.480 e. The molecule has 0 bridgehead atoms. The summed E-state index contributed by atoms with van der Waals surface area (Å²) in [5, 5.41) is 11.0. The fourth-order valence-electron chi connectivity index (χ4n) is 1.40. The van der Waals surface area contributed by atoms with Crippen molar-refractivity contribution in [3.63, 3.8) is 0 Å². The van der Waals surface area contributed by atoms with Gasteiger partial charge in [0.1, 0.15) is 6.04 Å². The van der Waals surface area contributed by atoms with Crippen LogP contribution in [0.15, 0.2) is 0 Å². The maximum absolute atomic E-state index is 11.3. The van der Waals surface area contributed by atoms with E-state index in [0.717, 1.165) is 25.2 Å². The van der Waals surface area contributed by atoms with Crippen LogP contribution in [0, 0.1) is 0 Å². The second-order valence-electron chi connectivity index (χ2n) is 3.78. The molecule has 5 nitrogen and oxygen atoms in total. The molecule has 1 amide bonds. The summed E-state index contributed by atoms with van der Waals surface area (Å²) in [6.07, 6.45) is 2.41. The Hall–Kier alpha value is -0.750. The van der Waals surface area contributed by atoms with Crippen molar-refractivity contribution in [1.82, 2.24) is 5.32 Å². The Bertz CT molecular complexity index is 253. The average Bonchev–Trinajstić information content (AvgIpc) is 2.70. The number of aliphatic carboxylic acids is 1. The van der Waals surface area contributed by atoms with Crippen LogP contribution in [0.5, 0.6) is 0 Å². The summed E-state index contributed by atoms with van der Waals surface area (Å²) >= 11 is 1.48. The lowest BCUT2D eigenvalue weighted by Crippen LogP contribution is -2.39. The molecule has 1 fully saturated rings. The molecule has 16 heavy (non-hydrogen) atoms. The van der Waals surface area contributed by atoms with Gasteiger partial charge in [0.25, 0.3) is 0 Å². The van der Waals surface area contributed by atoms with E-state index in [4.69, 9.17) is 9.84 Å². The largest absolute Gasteiger partial charge is 0.480 e. The van der Waals surface area contributed by atoms with Gasteiger partial charge in [-0.1, -0.05) is 0 Å². The number of carbonyl (C=O) groups is 2. The average molecular weight is 247 g/mol. The molecule has 0 aromatic carbocycles. The summed E-state index contributed by atoms with van der Waals surface area (Å²) in [4.78, 5) is 21.8. The predicted molar refractivity (Wildman–Crippen MR) is 61.5 cm³/mol. The first-order chi connectivity index (χ1) is 7.59. The van der Waals surface area contributed by atoms with Gasteiger partial charge in [0.15, 0.2) is 0 Å². The van der Waals surface area contributed by atoms with Crippen LogP contribution < -0.4 is 5.32 Å². The molecule has 0 aromatic heterocycles. The number of thioether (sulfide) groups is 1. The van der Waals surface area contributed by atoms with E-state index in [1.807, 2.05) is 0 Å². The fourth-order valence-corrected chi connectivity index (χ4v) is 2.32. The highest BCUT2D eigenvalue weighted by Crippen LogP contribution is 2.16. The van der Waals surface area contributed by atoms with E-state index in [2.05, 4.69) is 5.32 Å². The highest BCUT2D eigenvalue weighted by Gasteiger charge is 2.17. The van der Waals surface area contributed by atoms with Crippen molar-refractivity contribution in [2.24, 2.45) is 0 Å². The lowest BCUT2D eigenvalue weighted by molar-refractivity contribution is -0.140. The number of amides is 1. The first-order valence-corrected chi connectivity index (χ1v) is 6.46. The first kappa shape index (κ1) is 13.3. The molecule has 6 heteroatoms. The number of rotatable bonds is 6. The Kier molecular flexibility index (Phi) is 5.62. The second kappa shape index (κ2) is 6.75. The van der Waals surface area contributed by atoms with E-state index in [9.17, 15) is 9.59 Å². The van der Waals surface area contributed by atoms with Crippen molar-refractivity contribution in [1.29, 1.82) is 0 Å². The second-order valence-corrected chi connectivity index (χ2v) is 4.81. The number of ether oxygens (including phenoxy) is 1. The van der Waals surface area contributed by atoms with E-state index >= 15 is 0 Å². The summed E-state index contributed by atoms with van der Waals surface area (Å²) in [7, 11) is 0. The van der Waals surface area contributed by atoms with Crippen molar-refractivity contribution in [2.75, 3.05) is 18.1 Å². The third-order valence-corrected chi connectivity index (χ3v) is 3.38. The van der Waals surface area contributed by atoms with Gasteiger partial charge in [-0.25, -0.2) is 0 Å². The van der Waals surface area contributed by atoms with Crippen LogP contribution in [-0.2, 0) is 14.3 Å². The maximum Gasteiger partial charge on any atom is 0.325 e. The van der Waals surface area contributed by atoms with Crippen LogP contribution in [0.25, 0.3) is 0 Å². The van der Waals surface area contributed by atoms with Gasteiger partial charge in [-0.3, -0.25) is 9.59 Å². The molecular weight excluding hydrogens is 230 g/mol. The third-order valence-electron chi connectivity index (χ3n) is 2.31. The molecular formula is C10H17NO4S. The molecule has 2 N–H and O–H groups in total. The smallest absolute Gasteiger partial charge is 0.325 e. The number of carboxylic acid groups (broad SMARTS) is 1. The zero-order chi connectivity index (χ0) is 12.0. The Morgan fingerprint density at radius 1 is 1.62 bits per heavy atom. The van der Waals surface area contributed by atoms with Crippen LogP contribution in [0.1, 0.15) is 19.8 Å². The van der Waals surface area contributed by atoms with Gasteiger partial charge in [0.2, 0.25) is 5.91 Å². The lowest BCUT2D eigenvalue weighted by atomic mass is 10.3. The quantitative estimate of drug-likeness (QED) is 0.714.